The Kier molecular flexibility index (Phi) is 5.54. The third kappa shape index (κ3) is 3.80. The van der Waals surface area contributed by atoms with Gasteiger partial charge in [-0.3, -0.25) is 0 Å². The van der Waals surface area contributed by atoms with Crippen LogP contribution in [0.15, 0.2) is 29.1 Å². The number of nitroso groups, excluding NO2 is 1. The Morgan fingerprint density at radius 1 is 1.90 bits per heavy atom. The van der Waals surface area contributed by atoms with Gasteiger partial charge in [0.25, 0.3) is 0 Å². The van der Waals surface area contributed by atoms with E-state index in [4.69, 9.17) is 11.6 Å². The highest BCUT2D eigenvalue weighted by molar-refractivity contribution is 9.09. The minimum atomic E-state index is -0.0972. The largest absolute Gasteiger partial charge is 0.145 e. The summed E-state index contributed by atoms with van der Waals surface area (Å²) in [6, 6.07) is 0. The van der Waals surface area contributed by atoms with Crippen molar-refractivity contribution in [1.29, 1.82) is 0 Å². The second kappa shape index (κ2) is 5.62. The third-order valence-electron chi connectivity index (χ3n) is 0.911. The molecule has 1 unspecified atom stereocenters. The number of nitrogens with zero attached hydrogens (tertiary/aromatic N) is 1. The molecule has 0 aliphatic rings. The lowest BCUT2D eigenvalue weighted by molar-refractivity contribution is 1.00. The molecule has 1 atom stereocenters. The standard InChI is InChI=1S/C6H7BrClNO/c1-5(9-10)6(7)3-2-4-8/h2,4,6H,1,3H2/b4-2+. The molecule has 0 fully saturated rings. The maximum Gasteiger partial charge on any atom is 0.0916 e. The topological polar surface area (TPSA) is 29.4 Å². The van der Waals surface area contributed by atoms with Gasteiger partial charge in [0.1, 0.15) is 0 Å². The molecule has 0 radical (unpaired) electrons. The summed E-state index contributed by atoms with van der Waals surface area (Å²) >= 11 is 8.45. The van der Waals surface area contributed by atoms with Crippen molar-refractivity contribution in [2.45, 2.75) is 11.2 Å². The maximum atomic E-state index is 9.87. The average Bonchev–Trinajstić information content (AvgIpc) is 1.98. The van der Waals surface area contributed by atoms with Crippen LogP contribution in [0.1, 0.15) is 6.42 Å². The normalized spacial score (nSPS) is 13.4. The summed E-state index contributed by atoms with van der Waals surface area (Å²) in [5.41, 5.74) is 1.68. The SMILES string of the molecule is C=C(N=O)C(Br)C/C=C/Cl. The Bertz CT molecular complexity index is 158. The Morgan fingerprint density at radius 2 is 2.50 bits per heavy atom. The van der Waals surface area contributed by atoms with Crippen molar-refractivity contribution < 1.29 is 0 Å². The van der Waals surface area contributed by atoms with Gasteiger partial charge in [0.2, 0.25) is 0 Å². The molecule has 0 aromatic carbocycles. The number of alkyl halides is 1. The fourth-order valence-electron chi connectivity index (χ4n) is 0.364. The summed E-state index contributed by atoms with van der Waals surface area (Å²) in [5, 5.41) is 2.67. The number of allylic oxidation sites excluding steroid dienone is 2. The number of hydrogen-bond donors (Lipinski definition) is 0. The van der Waals surface area contributed by atoms with Crippen molar-refractivity contribution in [3.05, 3.63) is 28.8 Å². The van der Waals surface area contributed by atoms with Gasteiger partial charge < -0.3 is 0 Å². The minimum Gasteiger partial charge on any atom is -0.145 e. The number of halogens is 2. The van der Waals surface area contributed by atoms with Crippen LogP contribution in [0.3, 0.4) is 0 Å². The molecule has 0 heterocycles. The van der Waals surface area contributed by atoms with E-state index in [1.54, 1.807) is 6.08 Å². The van der Waals surface area contributed by atoms with E-state index < -0.39 is 0 Å². The molecule has 0 spiro atoms. The zero-order valence-electron chi connectivity index (χ0n) is 5.26. The van der Waals surface area contributed by atoms with E-state index in [2.05, 4.69) is 27.7 Å². The van der Waals surface area contributed by atoms with Crippen molar-refractivity contribution >= 4 is 27.5 Å². The molecule has 2 nitrogen and oxygen atoms in total. The van der Waals surface area contributed by atoms with Crippen molar-refractivity contribution in [2.75, 3.05) is 0 Å². The monoisotopic (exact) mass is 223 g/mol. The zero-order valence-corrected chi connectivity index (χ0v) is 7.60. The van der Waals surface area contributed by atoms with Crippen LogP contribution >= 0.6 is 27.5 Å². The molecule has 10 heavy (non-hydrogen) atoms. The first-order valence-electron chi connectivity index (χ1n) is 2.63. The number of hydrogen-bond acceptors (Lipinski definition) is 2. The molecule has 0 aromatic heterocycles. The zero-order chi connectivity index (χ0) is 7.98. The van der Waals surface area contributed by atoms with Gasteiger partial charge in [-0.15, -0.1) is 4.91 Å². The Morgan fingerprint density at radius 3 is 2.90 bits per heavy atom. The molecular weight excluding hydrogens is 217 g/mol. The Hall–Kier alpha value is -0.150. The van der Waals surface area contributed by atoms with E-state index in [1.165, 1.54) is 5.54 Å². The quantitative estimate of drug-likeness (QED) is 0.533. The number of rotatable bonds is 4. The first-order valence-corrected chi connectivity index (χ1v) is 3.99. The van der Waals surface area contributed by atoms with Crippen LogP contribution < -0.4 is 0 Å². The molecule has 56 valence electrons. The summed E-state index contributed by atoms with van der Waals surface area (Å²) in [5.74, 6) is 0. The highest BCUT2D eigenvalue weighted by atomic mass is 79.9. The molecule has 0 saturated carbocycles. The van der Waals surface area contributed by atoms with E-state index in [9.17, 15) is 4.91 Å². The van der Waals surface area contributed by atoms with Crippen molar-refractivity contribution in [3.63, 3.8) is 0 Å². The molecular formula is C6H7BrClNO. The highest BCUT2D eigenvalue weighted by Crippen LogP contribution is 2.15. The van der Waals surface area contributed by atoms with Gasteiger partial charge in [0.15, 0.2) is 0 Å². The lowest BCUT2D eigenvalue weighted by Crippen LogP contribution is -1.95. The van der Waals surface area contributed by atoms with E-state index in [0.29, 0.717) is 6.42 Å². The van der Waals surface area contributed by atoms with E-state index in [1.807, 2.05) is 0 Å². The van der Waals surface area contributed by atoms with Crippen LogP contribution in [0.4, 0.5) is 0 Å². The first-order chi connectivity index (χ1) is 4.72. The van der Waals surface area contributed by atoms with Crippen LogP contribution in [-0.4, -0.2) is 4.83 Å². The van der Waals surface area contributed by atoms with Gasteiger partial charge in [-0.2, -0.15) is 0 Å². The fraction of sp³-hybridized carbons (Fsp3) is 0.333. The van der Waals surface area contributed by atoms with Crippen LogP contribution in [0, 0.1) is 4.91 Å². The maximum absolute atomic E-state index is 9.87. The van der Waals surface area contributed by atoms with Gasteiger partial charge in [-0.25, -0.2) is 0 Å². The summed E-state index contributed by atoms with van der Waals surface area (Å²) in [4.78, 5) is 9.78. The predicted molar refractivity (Wildman–Crippen MR) is 47.3 cm³/mol. The summed E-state index contributed by atoms with van der Waals surface area (Å²) in [6.45, 7) is 3.42. The molecule has 0 aliphatic heterocycles. The van der Waals surface area contributed by atoms with E-state index >= 15 is 0 Å². The second-order valence-corrected chi connectivity index (χ2v) is 3.00. The molecule has 0 bridgehead atoms. The second-order valence-electron chi connectivity index (χ2n) is 1.65. The van der Waals surface area contributed by atoms with E-state index in [-0.39, 0.29) is 10.5 Å². The average molecular weight is 224 g/mol. The Balaban J connectivity index is 3.72. The van der Waals surface area contributed by atoms with Gasteiger partial charge >= 0.3 is 0 Å². The molecule has 4 heteroatoms. The van der Waals surface area contributed by atoms with Crippen molar-refractivity contribution in [2.24, 2.45) is 5.18 Å². The first kappa shape index (κ1) is 9.85. The molecule has 0 saturated heterocycles. The minimum absolute atomic E-state index is 0.0972. The van der Waals surface area contributed by atoms with Crippen molar-refractivity contribution in [3.8, 4) is 0 Å². The summed E-state index contributed by atoms with van der Waals surface area (Å²) in [6.07, 6.45) is 2.35. The lowest BCUT2D eigenvalue weighted by Gasteiger charge is -2.00. The summed E-state index contributed by atoms with van der Waals surface area (Å²) < 4.78 is 0. The van der Waals surface area contributed by atoms with Gasteiger partial charge in [0.05, 0.1) is 10.5 Å². The van der Waals surface area contributed by atoms with Gasteiger partial charge in [-0.1, -0.05) is 40.2 Å². The Labute approximate surface area is 73.1 Å². The van der Waals surface area contributed by atoms with Crippen LogP contribution in [0.5, 0.6) is 0 Å². The predicted octanol–water partition coefficient (Wildman–Crippen LogP) is 3.17. The molecule has 0 amide bonds. The van der Waals surface area contributed by atoms with Crippen LogP contribution in [-0.2, 0) is 0 Å². The van der Waals surface area contributed by atoms with Gasteiger partial charge in [-0.05, 0) is 11.6 Å². The van der Waals surface area contributed by atoms with Crippen LogP contribution in [0.2, 0.25) is 0 Å². The third-order valence-corrected chi connectivity index (χ3v) is 1.99. The van der Waals surface area contributed by atoms with Crippen LogP contribution in [0.25, 0.3) is 0 Å². The highest BCUT2D eigenvalue weighted by Gasteiger charge is 2.05. The molecule has 0 N–H and O–H groups in total. The molecule has 0 aromatic rings. The fourth-order valence-corrected chi connectivity index (χ4v) is 0.766. The van der Waals surface area contributed by atoms with Crippen molar-refractivity contribution in [1.82, 2.24) is 0 Å². The lowest BCUT2D eigenvalue weighted by atomic mass is 10.2. The molecule has 0 rings (SSSR count). The molecule has 0 aliphatic carbocycles. The summed E-state index contributed by atoms with van der Waals surface area (Å²) in [7, 11) is 0. The van der Waals surface area contributed by atoms with Gasteiger partial charge in [0, 0.05) is 5.54 Å². The van der Waals surface area contributed by atoms with E-state index in [0.717, 1.165) is 0 Å². The smallest absolute Gasteiger partial charge is 0.0916 e.